The second-order valence-corrected chi connectivity index (χ2v) is 7.77. The summed E-state index contributed by atoms with van der Waals surface area (Å²) in [6.07, 6.45) is 2.37. The van der Waals surface area contributed by atoms with Crippen LogP contribution in [-0.2, 0) is 14.8 Å². The molecule has 0 spiro atoms. The number of nitrogens with one attached hydrogen (secondary N) is 1. The molecular weight excluding hydrogens is 380 g/mol. The van der Waals surface area contributed by atoms with Gasteiger partial charge in [0.15, 0.2) is 0 Å². The average Bonchev–Trinajstić information content (AvgIpc) is 2.99. The smallest absolute Gasteiger partial charge is 0.328 e. The predicted molar refractivity (Wildman–Crippen MR) is 105 cm³/mol. The highest BCUT2D eigenvalue weighted by Gasteiger charge is 2.14. The summed E-state index contributed by atoms with van der Waals surface area (Å²) >= 11 is 0. The number of aliphatic carboxylic acids is 1. The standard InChI is InChI=1S/C20H18N2O5S/c1-13-14(2)27-20(21-13)16-6-8-17(9-7-16)22-28(25,26)18-10-3-15(4-11-18)5-12-19(23)24/h3-12,22H,1-2H3,(H,23,24)/b12-5+. The quantitative estimate of drug-likeness (QED) is 0.610. The van der Waals surface area contributed by atoms with E-state index in [1.807, 2.05) is 13.8 Å². The minimum Gasteiger partial charge on any atom is -0.478 e. The van der Waals surface area contributed by atoms with Gasteiger partial charge in [-0.1, -0.05) is 12.1 Å². The van der Waals surface area contributed by atoms with E-state index in [1.54, 1.807) is 24.3 Å². The van der Waals surface area contributed by atoms with Crippen molar-refractivity contribution in [2.24, 2.45) is 0 Å². The molecule has 0 bridgehead atoms. The van der Waals surface area contributed by atoms with Crippen molar-refractivity contribution in [2.75, 3.05) is 4.72 Å². The second kappa shape index (κ2) is 7.69. The molecule has 0 aliphatic heterocycles. The van der Waals surface area contributed by atoms with Gasteiger partial charge in [0.25, 0.3) is 10.0 Å². The first kappa shape index (κ1) is 19.4. The molecule has 0 aliphatic carbocycles. The first-order chi connectivity index (χ1) is 13.2. The molecule has 28 heavy (non-hydrogen) atoms. The molecule has 2 N–H and O–H groups in total. The van der Waals surface area contributed by atoms with E-state index in [0.717, 1.165) is 23.1 Å². The Bertz CT molecular complexity index is 1110. The summed E-state index contributed by atoms with van der Waals surface area (Å²) in [6.45, 7) is 3.69. The lowest BCUT2D eigenvalue weighted by Crippen LogP contribution is -2.12. The monoisotopic (exact) mass is 398 g/mol. The van der Waals surface area contributed by atoms with Crippen LogP contribution in [-0.4, -0.2) is 24.5 Å². The molecule has 0 unspecified atom stereocenters. The molecule has 0 fully saturated rings. The third kappa shape index (κ3) is 4.47. The van der Waals surface area contributed by atoms with Crippen LogP contribution in [0.4, 0.5) is 5.69 Å². The van der Waals surface area contributed by atoms with E-state index in [4.69, 9.17) is 9.52 Å². The van der Waals surface area contributed by atoms with E-state index in [2.05, 4.69) is 9.71 Å². The fourth-order valence-corrected chi connectivity index (χ4v) is 3.48. The van der Waals surface area contributed by atoms with Crippen LogP contribution in [0, 0.1) is 13.8 Å². The van der Waals surface area contributed by atoms with Crippen LogP contribution in [0.1, 0.15) is 17.0 Å². The Morgan fingerprint density at radius 3 is 2.25 bits per heavy atom. The zero-order valence-electron chi connectivity index (χ0n) is 15.2. The number of aromatic nitrogens is 1. The summed E-state index contributed by atoms with van der Waals surface area (Å²) in [5.41, 5.74) is 2.54. The van der Waals surface area contributed by atoms with Gasteiger partial charge in [0, 0.05) is 17.3 Å². The number of aryl methyl sites for hydroxylation is 2. The molecule has 0 atom stereocenters. The zero-order valence-corrected chi connectivity index (χ0v) is 16.0. The van der Waals surface area contributed by atoms with Gasteiger partial charge in [0.05, 0.1) is 10.6 Å². The van der Waals surface area contributed by atoms with Gasteiger partial charge in [-0.2, -0.15) is 0 Å². The molecule has 7 nitrogen and oxygen atoms in total. The Morgan fingerprint density at radius 2 is 1.71 bits per heavy atom. The summed E-state index contributed by atoms with van der Waals surface area (Å²) in [4.78, 5) is 14.9. The van der Waals surface area contributed by atoms with Crippen LogP contribution in [0.3, 0.4) is 0 Å². The van der Waals surface area contributed by atoms with E-state index in [9.17, 15) is 13.2 Å². The van der Waals surface area contributed by atoms with Crippen molar-refractivity contribution in [1.82, 2.24) is 4.98 Å². The maximum atomic E-state index is 12.5. The predicted octanol–water partition coefficient (Wildman–Crippen LogP) is 3.86. The lowest BCUT2D eigenvalue weighted by atomic mass is 10.2. The third-order valence-electron chi connectivity index (χ3n) is 4.02. The normalized spacial score (nSPS) is 11.6. The van der Waals surface area contributed by atoms with Gasteiger partial charge in [-0.15, -0.1) is 0 Å². The molecule has 0 saturated heterocycles. The highest BCUT2D eigenvalue weighted by molar-refractivity contribution is 7.92. The van der Waals surface area contributed by atoms with Gasteiger partial charge < -0.3 is 9.52 Å². The largest absolute Gasteiger partial charge is 0.478 e. The van der Waals surface area contributed by atoms with Crippen molar-refractivity contribution in [3.8, 4) is 11.5 Å². The maximum absolute atomic E-state index is 12.5. The first-order valence-corrected chi connectivity index (χ1v) is 9.81. The van der Waals surface area contributed by atoms with Crippen LogP contribution in [0.15, 0.2) is 63.9 Å². The van der Waals surface area contributed by atoms with E-state index in [0.29, 0.717) is 17.1 Å². The molecule has 144 valence electrons. The number of oxazole rings is 1. The lowest BCUT2D eigenvalue weighted by molar-refractivity contribution is -0.131. The second-order valence-electron chi connectivity index (χ2n) is 6.08. The molecule has 1 heterocycles. The summed E-state index contributed by atoms with van der Waals surface area (Å²) in [5.74, 6) is 0.146. The van der Waals surface area contributed by atoms with Gasteiger partial charge in [0.1, 0.15) is 5.76 Å². The van der Waals surface area contributed by atoms with Crippen LogP contribution in [0.2, 0.25) is 0 Å². The summed E-state index contributed by atoms with van der Waals surface area (Å²) in [7, 11) is -3.77. The molecule has 1 aromatic heterocycles. The maximum Gasteiger partial charge on any atom is 0.328 e. The Morgan fingerprint density at radius 1 is 1.07 bits per heavy atom. The van der Waals surface area contributed by atoms with Gasteiger partial charge in [-0.25, -0.2) is 18.2 Å². The topological polar surface area (TPSA) is 110 Å². The molecule has 0 saturated carbocycles. The molecular formula is C20H18N2O5S. The number of sulfonamides is 1. The van der Waals surface area contributed by atoms with Crippen LogP contribution >= 0.6 is 0 Å². The highest BCUT2D eigenvalue weighted by Crippen LogP contribution is 2.24. The lowest BCUT2D eigenvalue weighted by Gasteiger charge is -2.08. The highest BCUT2D eigenvalue weighted by atomic mass is 32.2. The van der Waals surface area contributed by atoms with Crippen molar-refractivity contribution < 1.29 is 22.7 Å². The van der Waals surface area contributed by atoms with Gasteiger partial charge in [0.2, 0.25) is 5.89 Å². The Labute approximate surface area is 162 Å². The molecule has 3 rings (SSSR count). The molecule has 2 aromatic carbocycles. The fourth-order valence-electron chi connectivity index (χ4n) is 2.42. The van der Waals surface area contributed by atoms with Gasteiger partial charge in [-0.3, -0.25) is 4.72 Å². The van der Waals surface area contributed by atoms with E-state index < -0.39 is 16.0 Å². The number of benzene rings is 2. The van der Waals surface area contributed by atoms with Crippen molar-refractivity contribution in [1.29, 1.82) is 0 Å². The Kier molecular flexibility index (Phi) is 5.32. The van der Waals surface area contributed by atoms with Crippen molar-refractivity contribution >= 4 is 27.8 Å². The third-order valence-corrected chi connectivity index (χ3v) is 5.42. The minimum atomic E-state index is -3.77. The summed E-state index contributed by atoms with van der Waals surface area (Å²) in [5, 5.41) is 8.63. The number of carboxylic acid groups (broad SMARTS) is 1. The van der Waals surface area contributed by atoms with E-state index in [-0.39, 0.29) is 4.90 Å². The zero-order chi connectivity index (χ0) is 20.3. The first-order valence-electron chi connectivity index (χ1n) is 8.33. The number of carbonyl (C=O) groups is 1. The number of rotatable bonds is 6. The SMILES string of the molecule is Cc1nc(-c2ccc(NS(=O)(=O)c3ccc(/C=C/C(=O)O)cc3)cc2)oc1C. The molecule has 0 aliphatic rings. The van der Waals surface area contributed by atoms with Crippen molar-refractivity contribution in [3.05, 3.63) is 71.6 Å². The van der Waals surface area contributed by atoms with Crippen LogP contribution in [0.5, 0.6) is 0 Å². The van der Waals surface area contributed by atoms with E-state index >= 15 is 0 Å². The van der Waals surface area contributed by atoms with Crippen LogP contribution in [0.25, 0.3) is 17.5 Å². The summed E-state index contributed by atoms with van der Waals surface area (Å²) < 4.78 is 33.1. The molecule has 0 radical (unpaired) electrons. The number of anilines is 1. The Hall–Kier alpha value is -3.39. The molecule has 8 heteroatoms. The average molecular weight is 398 g/mol. The van der Waals surface area contributed by atoms with E-state index in [1.165, 1.54) is 30.3 Å². The van der Waals surface area contributed by atoms with Crippen LogP contribution < -0.4 is 4.72 Å². The number of nitrogens with zero attached hydrogens (tertiary/aromatic N) is 1. The molecule has 0 amide bonds. The molecule has 3 aromatic rings. The number of carboxylic acids is 1. The fraction of sp³-hybridized carbons (Fsp3) is 0.100. The van der Waals surface area contributed by atoms with Gasteiger partial charge in [-0.05, 0) is 61.9 Å². The minimum absolute atomic E-state index is 0.0722. The summed E-state index contributed by atoms with van der Waals surface area (Å²) in [6, 6.07) is 12.6. The van der Waals surface area contributed by atoms with Gasteiger partial charge >= 0.3 is 5.97 Å². The van der Waals surface area contributed by atoms with Crippen molar-refractivity contribution in [2.45, 2.75) is 18.7 Å². The number of hydrogen-bond acceptors (Lipinski definition) is 5. The van der Waals surface area contributed by atoms with Crippen molar-refractivity contribution in [3.63, 3.8) is 0 Å². The Balaban J connectivity index is 1.75. The number of hydrogen-bond donors (Lipinski definition) is 2.